The van der Waals surface area contributed by atoms with Crippen molar-refractivity contribution in [3.63, 3.8) is 0 Å². The molecule has 0 bridgehead atoms. The normalized spacial score (nSPS) is 19.8. The first kappa shape index (κ1) is 14.0. The number of carbonyl (C=O) groups is 1. The molecule has 1 aliphatic heterocycles. The molecule has 20 heavy (non-hydrogen) atoms. The Bertz CT molecular complexity index is 446. The zero-order valence-corrected chi connectivity index (χ0v) is 12.5. The van der Waals surface area contributed by atoms with E-state index in [4.69, 9.17) is 0 Å². The van der Waals surface area contributed by atoms with Crippen LogP contribution in [0.4, 0.5) is 0 Å². The lowest BCUT2D eigenvalue weighted by Crippen LogP contribution is -2.37. The van der Waals surface area contributed by atoms with Gasteiger partial charge in [0.05, 0.1) is 5.75 Å². The molecule has 0 unspecified atom stereocenters. The van der Waals surface area contributed by atoms with Gasteiger partial charge in [-0.1, -0.05) is 24.3 Å². The molecule has 2 aliphatic rings. The first-order valence-corrected chi connectivity index (χ1v) is 8.54. The maximum Gasteiger partial charge on any atom is 0.230 e. The van der Waals surface area contributed by atoms with Crippen LogP contribution in [0.3, 0.4) is 0 Å². The summed E-state index contributed by atoms with van der Waals surface area (Å²) < 4.78 is 0. The number of amides is 1. The average Bonchev–Trinajstić information content (AvgIpc) is 2.88. The summed E-state index contributed by atoms with van der Waals surface area (Å²) in [4.78, 5) is 12.0. The van der Waals surface area contributed by atoms with E-state index < -0.39 is 0 Å². The SMILES string of the molecule is O=C(CSC1CCNCC1)NC1Cc2ccccc2C1. The third kappa shape index (κ3) is 3.55. The Hall–Kier alpha value is -1.00. The van der Waals surface area contributed by atoms with Gasteiger partial charge in [-0.25, -0.2) is 0 Å². The van der Waals surface area contributed by atoms with Crippen LogP contribution in [0.2, 0.25) is 0 Å². The van der Waals surface area contributed by atoms with E-state index in [0.717, 1.165) is 25.9 Å². The highest BCUT2D eigenvalue weighted by atomic mass is 32.2. The van der Waals surface area contributed by atoms with Crippen molar-refractivity contribution in [2.75, 3.05) is 18.8 Å². The van der Waals surface area contributed by atoms with Gasteiger partial charge in [-0.2, -0.15) is 0 Å². The third-order valence-electron chi connectivity index (χ3n) is 4.15. The van der Waals surface area contributed by atoms with Gasteiger partial charge < -0.3 is 10.6 Å². The topological polar surface area (TPSA) is 41.1 Å². The zero-order valence-electron chi connectivity index (χ0n) is 11.7. The molecule has 0 atom stereocenters. The van der Waals surface area contributed by atoms with Crippen molar-refractivity contribution in [1.82, 2.24) is 10.6 Å². The summed E-state index contributed by atoms with van der Waals surface area (Å²) in [6, 6.07) is 8.80. The quantitative estimate of drug-likeness (QED) is 0.888. The summed E-state index contributed by atoms with van der Waals surface area (Å²) >= 11 is 1.82. The fourth-order valence-corrected chi connectivity index (χ4v) is 4.13. The Kier molecular flexibility index (Phi) is 4.63. The van der Waals surface area contributed by atoms with Crippen molar-refractivity contribution in [3.05, 3.63) is 35.4 Å². The molecule has 2 N–H and O–H groups in total. The van der Waals surface area contributed by atoms with Crippen molar-refractivity contribution >= 4 is 17.7 Å². The minimum Gasteiger partial charge on any atom is -0.352 e. The molecule has 0 spiro atoms. The monoisotopic (exact) mass is 290 g/mol. The maximum absolute atomic E-state index is 12.0. The summed E-state index contributed by atoms with van der Waals surface area (Å²) in [5.41, 5.74) is 2.78. The second-order valence-corrected chi connectivity index (χ2v) is 6.99. The van der Waals surface area contributed by atoms with Crippen LogP contribution in [0.1, 0.15) is 24.0 Å². The molecule has 1 fully saturated rings. The van der Waals surface area contributed by atoms with E-state index in [1.54, 1.807) is 0 Å². The Labute approximate surface area is 124 Å². The molecule has 0 saturated carbocycles. The molecule has 1 heterocycles. The molecule has 0 radical (unpaired) electrons. The molecule has 108 valence electrons. The second kappa shape index (κ2) is 6.64. The van der Waals surface area contributed by atoms with E-state index in [-0.39, 0.29) is 5.91 Å². The Morgan fingerprint density at radius 3 is 2.50 bits per heavy atom. The van der Waals surface area contributed by atoms with Crippen LogP contribution in [0.15, 0.2) is 24.3 Å². The highest BCUT2D eigenvalue weighted by Crippen LogP contribution is 2.23. The standard InChI is InChI=1S/C16H22N2OS/c19-16(11-20-15-5-7-17-8-6-15)18-14-9-12-3-1-2-4-13(12)10-14/h1-4,14-15,17H,5-11H2,(H,18,19). The largest absolute Gasteiger partial charge is 0.352 e. The summed E-state index contributed by atoms with van der Waals surface area (Å²) in [5, 5.41) is 7.20. The maximum atomic E-state index is 12.0. The molecule has 4 heteroatoms. The molecule has 1 aromatic rings. The Morgan fingerprint density at radius 1 is 1.20 bits per heavy atom. The van der Waals surface area contributed by atoms with E-state index >= 15 is 0 Å². The average molecular weight is 290 g/mol. The number of benzene rings is 1. The molecule has 0 aromatic heterocycles. The fourth-order valence-electron chi connectivity index (χ4n) is 3.09. The first-order valence-electron chi connectivity index (χ1n) is 7.50. The second-order valence-electron chi connectivity index (χ2n) is 5.70. The summed E-state index contributed by atoms with van der Waals surface area (Å²) in [6.07, 6.45) is 4.35. The fraction of sp³-hybridized carbons (Fsp3) is 0.562. The predicted molar refractivity (Wildman–Crippen MR) is 84.1 cm³/mol. The molecule has 3 rings (SSSR count). The number of hydrogen-bond acceptors (Lipinski definition) is 3. The van der Waals surface area contributed by atoms with Crippen molar-refractivity contribution in [1.29, 1.82) is 0 Å². The van der Waals surface area contributed by atoms with Crippen LogP contribution in [-0.4, -0.2) is 36.0 Å². The number of fused-ring (bicyclic) bond motifs is 1. The summed E-state index contributed by atoms with van der Waals surface area (Å²) in [6.45, 7) is 2.19. The molecular formula is C16H22N2OS. The summed E-state index contributed by atoms with van der Waals surface area (Å²) in [7, 11) is 0. The zero-order chi connectivity index (χ0) is 13.8. The number of carbonyl (C=O) groups excluding carboxylic acids is 1. The number of thioether (sulfide) groups is 1. The van der Waals surface area contributed by atoms with Gasteiger partial charge in [0.25, 0.3) is 0 Å². The van der Waals surface area contributed by atoms with Crippen molar-refractivity contribution < 1.29 is 4.79 Å². The lowest BCUT2D eigenvalue weighted by molar-refractivity contribution is -0.119. The summed E-state index contributed by atoms with van der Waals surface area (Å²) in [5.74, 6) is 0.809. The van der Waals surface area contributed by atoms with Crippen LogP contribution in [-0.2, 0) is 17.6 Å². The third-order valence-corrected chi connectivity index (χ3v) is 5.52. The van der Waals surface area contributed by atoms with Gasteiger partial charge in [0.15, 0.2) is 0 Å². The van der Waals surface area contributed by atoms with E-state index in [0.29, 0.717) is 17.0 Å². The van der Waals surface area contributed by atoms with Gasteiger partial charge in [-0.05, 0) is 49.9 Å². The van der Waals surface area contributed by atoms with Gasteiger partial charge in [-0.3, -0.25) is 4.79 Å². The smallest absolute Gasteiger partial charge is 0.230 e. The van der Waals surface area contributed by atoms with Crippen LogP contribution < -0.4 is 10.6 Å². The first-order chi connectivity index (χ1) is 9.81. The molecule has 1 aliphatic carbocycles. The van der Waals surface area contributed by atoms with Gasteiger partial charge in [0, 0.05) is 11.3 Å². The lowest BCUT2D eigenvalue weighted by atomic mass is 10.1. The van der Waals surface area contributed by atoms with Gasteiger partial charge in [0.1, 0.15) is 0 Å². The molecule has 1 saturated heterocycles. The van der Waals surface area contributed by atoms with Gasteiger partial charge >= 0.3 is 0 Å². The van der Waals surface area contributed by atoms with E-state index in [1.807, 2.05) is 11.8 Å². The minimum absolute atomic E-state index is 0.200. The molecule has 1 aromatic carbocycles. The van der Waals surface area contributed by atoms with E-state index in [9.17, 15) is 4.79 Å². The molecular weight excluding hydrogens is 268 g/mol. The van der Waals surface area contributed by atoms with Gasteiger partial charge in [-0.15, -0.1) is 11.8 Å². The number of rotatable bonds is 4. The van der Waals surface area contributed by atoms with Crippen LogP contribution in [0, 0.1) is 0 Å². The predicted octanol–water partition coefficient (Wildman–Crippen LogP) is 1.76. The van der Waals surface area contributed by atoms with E-state index in [2.05, 4.69) is 34.9 Å². The Morgan fingerprint density at radius 2 is 1.85 bits per heavy atom. The van der Waals surface area contributed by atoms with Gasteiger partial charge in [0.2, 0.25) is 5.91 Å². The number of hydrogen-bond donors (Lipinski definition) is 2. The van der Waals surface area contributed by atoms with Crippen molar-refractivity contribution in [2.45, 2.75) is 37.0 Å². The van der Waals surface area contributed by atoms with Crippen molar-refractivity contribution in [3.8, 4) is 0 Å². The number of piperidine rings is 1. The minimum atomic E-state index is 0.200. The number of nitrogens with one attached hydrogen (secondary N) is 2. The molecule has 1 amide bonds. The highest BCUT2D eigenvalue weighted by Gasteiger charge is 2.23. The molecule has 3 nitrogen and oxygen atoms in total. The highest BCUT2D eigenvalue weighted by molar-refractivity contribution is 8.00. The van der Waals surface area contributed by atoms with Crippen LogP contribution >= 0.6 is 11.8 Å². The Balaban J connectivity index is 1.41. The van der Waals surface area contributed by atoms with E-state index in [1.165, 1.54) is 24.0 Å². The van der Waals surface area contributed by atoms with Crippen molar-refractivity contribution in [2.24, 2.45) is 0 Å². The van der Waals surface area contributed by atoms with Crippen LogP contribution in [0.5, 0.6) is 0 Å². The lowest BCUT2D eigenvalue weighted by Gasteiger charge is -2.22. The van der Waals surface area contributed by atoms with Crippen LogP contribution in [0.25, 0.3) is 0 Å².